The summed E-state index contributed by atoms with van der Waals surface area (Å²) in [6.07, 6.45) is 3.60. The lowest BCUT2D eigenvalue weighted by molar-refractivity contribution is 0.182. The second kappa shape index (κ2) is 6.92. The third-order valence-corrected chi connectivity index (χ3v) is 3.80. The third kappa shape index (κ3) is 4.22. The van der Waals surface area contributed by atoms with Crippen LogP contribution >= 0.6 is 0 Å². The van der Waals surface area contributed by atoms with E-state index in [2.05, 4.69) is 4.90 Å². The largest absolute Gasteiger partial charge is 0.492 e. The molecule has 3 nitrogen and oxygen atoms in total. The van der Waals surface area contributed by atoms with Crippen LogP contribution in [0.4, 0.5) is 0 Å². The van der Waals surface area contributed by atoms with Gasteiger partial charge in [-0.3, -0.25) is 4.90 Å². The summed E-state index contributed by atoms with van der Waals surface area (Å²) in [7, 11) is 0. The minimum absolute atomic E-state index is 0.416. The molecule has 0 saturated carbocycles. The van der Waals surface area contributed by atoms with Gasteiger partial charge in [-0.1, -0.05) is 12.5 Å². The molecule has 1 heterocycles. The summed E-state index contributed by atoms with van der Waals surface area (Å²) in [4.78, 5) is 2.48. The number of nitrogens with zero attached hydrogens (tertiary/aromatic N) is 1. The van der Waals surface area contributed by atoms with Crippen LogP contribution in [0.15, 0.2) is 18.2 Å². The maximum absolute atomic E-state index is 9.54. The van der Waals surface area contributed by atoms with Crippen LogP contribution in [0.5, 0.6) is 5.75 Å². The van der Waals surface area contributed by atoms with Crippen LogP contribution in [-0.4, -0.2) is 36.2 Å². The Morgan fingerprint density at radius 3 is 2.63 bits per heavy atom. The molecule has 1 aliphatic heterocycles. The molecule has 1 saturated heterocycles. The van der Waals surface area contributed by atoms with E-state index in [-0.39, 0.29) is 0 Å². The van der Waals surface area contributed by atoms with Crippen molar-refractivity contribution < 1.29 is 9.84 Å². The van der Waals surface area contributed by atoms with Gasteiger partial charge in [0.1, 0.15) is 12.4 Å². The molecule has 0 aromatic heterocycles. The molecule has 2 rings (SSSR count). The van der Waals surface area contributed by atoms with E-state index in [0.29, 0.717) is 0 Å². The van der Waals surface area contributed by atoms with Gasteiger partial charge in [0.15, 0.2) is 0 Å². The number of aliphatic hydroxyl groups excluding tert-OH is 1. The van der Waals surface area contributed by atoms with E-state index in [1.165, 1.54) is 32.4 Å². The van der Waals surface area contributed by atoms with Gasteiger partial charge in [-0.25, -0.2) is 0 Å². The minimum atomic E-state index is -0.416. The summed E-state index contributed by atoms with van der Waals surface area (Å²) >= 11 is 0. The number of hydrogen-bond donors (Lipinski definition) is 1. The number of likely N-dealkylation sites (tertiary alicyclic amines) is 1. The zero-order valence-electron chi connectivity index (χ0n) is 12.1. The first kappa shape index (κ1) is 14.4. The molecule has 1 fully saturated rings. The van der Waals surface area contributed by atoms with Gasteiger partial charge in [0.2, 0.25) is 0 Å². The van der Waals surface area contributed by atoms with Crippen LogP contribution in [-0.2, 0) is 0 Å². The molecule has 0 amide bonds. The van der Waals surface area contributed by atoms with Gasteiger partial charge in [-0.15, -0.1) is 0 Å². The number of ether oxygens (including phenoxy) is 1. The van der Waals surface area contributed by atoms with E-state index in [0.717, 1.165) is 30.0 Å². The monoisotopic (exact) mass is 263 g/mol. The van der Waals surface area contributed by atoms with Crippen LogP contribution < -0.4 is 4.74 Å². The summed E-state index contributed by atoms with van der Waals surface area (Å²) in [6.45, 7) is 7.99. The van der Waals surface area contributed by atoms with E-state index in [4.69, 9.17) is 4.74 Å². The van der Waals surface area contributed by atoms with Crippen LogP contribution in [0.1, 0.15) is 43.4 Å². The maximum atomic E-state index is 9.54. The Labute approximate surface area is 116 Å². The molecule has 1 aromatic carbocycles. The Morgan fingerprint density at radius 1 is 1.26 bits per heavy atom. The standard InChI is InChI=1S/C16H25NO2/c1-13-12-15(14(2)18)6-7-16(13)19-11-10-17-8-4-3-5-9-17/h6-7,12,14,18H,3-5,8-11H2,1-2H3. The first-order valence-corrected chi connectivity index (χ1v) is 7.30. The van der Waals surface area contributed by atoms with Crippen LogP contribution in [0.3, 0.4) is 0 Å². The van der Waals surface area contributed by atoms with Gasteiger partial charge >= 0.3 is 0 Å². The van der Waals surface area contributed by atoms with Gasteiger partial charge < -0.3 is 9.84 Å². The summed E-state index contributed by atoms with van der Waals surface area (Å²) < 4.78 is 5.85. The highest BCUT2D eigenvalue weighted by molar-refractivity contribution is 5.36. The van der Waals surface area contributed by atoms with E-state index < -0.39 is 6.10 Å². The highest BCUT2D eigenvalue weighted by atomic mass is 16.5. The molecule has 3 heteroatoms. The fourth-order valence-electron chi connectivity index (χ4n) is 2.56. The van der Waals surface area contributed by atoms with Crippen molar-refractivity contribution in [3.63, 3.8) is 0 Å². The summed E-state index contributed by atoms with van der Waals surface area (Å²) in [5, 5.41) is 9.54. The van der Waals surface area contributed by atoms with E-state index >= 15 is 0 Å². The topological polar surface area (TPSA) is 32.7 Å². The fourth-order valence-corrected chi connectivity index (χ4v) is 2.56. The molecular weight excluding hydrogens is 238 g/mol. The maximum Gasteiger partial charge on any atom is 0.122 e. The van der Waals surface area contributed by atoms with Crippen molar-refractivity contribution in [1.82, 2.24) is 4.90 Å². The lowest BCUT2D eigenvalue weighted by Gasteiger charge is -2.26. The first-order valence-electron chi connectivity index (χ1n) is 7.30. The van der Waals surface area contributed by atoms with Crippen molar-refractivity contribution in [2.75, 3.05) is 26.2 Å². The van der Waals surface area contributed by atoms with Crippen LogP contribution in [0, 0.1) is 6.92 Å². The molecule has 1 atom stereocenters. The molecule has 1 aromatic rings. The van der Waals surface area contributed by atoms with Crippen molar-refractivity contribution in [3.8, 4) is 5.75 Å². The number of rotatable bonds is 5. The van der Waals surface area contributed by atoms with Crippen LogP contribution in [0.2, 0.25) is 0 Å². The lowest BCUT2D eigenvalue weighted by atomic mass is 10.1. The van der Waals surface area contributed by atoms with Gasteiger partial charge in [-0.05, 0) is 63.0 Å². The molecule has 106 valence electrons. The SMILES string of the molecule is Cc1cc(C(C)O)ccc1OCCN1CCCCC1. The zero-order chi connectivity index (χ0) is 13.7. The minimum Gasteiger partial charge on any atom is -0.492 e. The zero-order valence-corrected chi connectivity index (χ0v) is 12.1. The Morgan fingerprint density at radius 2 is 2.00 bits per heavy atom. The molecule has 0 radical (unpaired) electrons. The molecule has 1 N–H and O–H groups in total. The van der Waals surface area contributed by atoms with Crippen molar-refractivity contribution in [3.05, 3.63) is 29.3 Å². The van der Waals surface area contributed by atoms with Crippen molar-refractivity contribution >= 4 is 0 Å². The number of benzene rings is 1. The van der Waals surface area contributed by atoms with Crippen LogP contribution in [0.25, 0.3) is 0 Å². The van der Waals surface area contributed by atoms with Crippen molar-refractivity contribution in [1.29, 1.82) is 0 Å². The first-order chi connectivity index (χ1) is 9.16. The Hall–Kier alpha value is -1.06. The summed E-state index contributed by atoms with van der Waals surface area (Å²) in [6, 6.07) is 5.91. The summed E-state index contributed by atoms with van der Waals surface area (Å²) in [5.41, 5.74) is 2.04. The Bertz CT molecular complexity index is 398. The normalized spacial score (nSPS) is 18.3. The van der Waals surface area contributed by atoms with Gasteiger partial charge in [0, 0.05) is 6.54 Å². The quantitative estimate of drug-likeness (QED) is 0.886. The summed E-state index contributed by atoms with van der Waals surface area (Å²) in [5.74, 6) is 0.932. The molecular formula is C16H25NO2. The smallest absolute Gasteiger partial charge is 0.122 e. The molecule has 1 unspecified atom stereocenters. The van der Waals surface area contributed by atoms with Crippen molar-refractivity contribution in [2.45, 2.75) is 39.2 Å². The van der Waals surface area contributed by atoms with E-state index in [9.17, 15) is 5.11 Å². The molecule has 1 aliphatic rings. The molecule has 19 heavy (non-hydrogen) atoms. The van der Waals surface area contributed by atoms with E-state index in [1.807, 2.05) is 25.1 Å². The van der Waals surface area contributed by atoms with E-state index in [1.54, 1.807) is 6.92 Å². The second-order valence-electron chi connectivity index (χ2n) is 5.45. The average Bonchev–Trinajstić information content (AvgIpc) is 2.41. The molecule has 0 spiro atoms. The predicted octanol–water partition coefficient (Wildman–Crippen LogP) is 2.91. The number of aliphatic hydroxyl groups is 1. The highest BCUT2D eigenvalue weighted by Gasteiger charge is 2.10. The Kier molecular flexibility index (Phi) is 5.23. The van der Waals surface area contributed by atoms with Gasteiger partial charge in [-0.2, -0.15) is 0 Å². The predicted molar refractivity (Wildman–Crippen MR) is 77.6 cm³/mol. The second-order valence-corrected chi connectivity index (χ2v) is 5.45. The number of aryl methyl sites for hydroxylation is 1. The lowest BCUT2D eigenvalue weighted by Crippen LogP contribution is -2.33. The average molecular weight is 263 g/mol. The van der Waals surface area contributed by atoms with Gasteiger partial charge in [0.05, 0.1) is 6.10 Å². The third-order valence-electron chi connectivity index (χ3n) is 3.80. The van der Waals surface area contributed by atoms with Crippen molar-refractivity contribution in [2.24, 2.45) is 0 Å². The number of hydrogen-bond acceptors (Lipinski definition) is 3. The number of piperidine rings is 1. The molecule has 0 aliphatic carbocycles. The molecule has 0 bridgehead atoms. The van der Waals surface area contributed by atoms with Gasteiger partial charge in [0.25, 0.3) is 0 Å². The Balaban J connectivity index is 1.82. The fraction of sp³-hybridized carbons (Fsp3) is 0.625. The highest BCUT2D eigenvalue weighted by Crippen LogP contribution is 2.22.